The Labute approximate surface area is 264 Å². The van der Waals surface area contributed by atoms with Crippen LogP contribution in [-0.2, 0) is 0 Å². The Hall–Kier alpha value is -5.50. The van der Waals surface area contributed by atoms with Gasteiger partial charge >= 0.3 is 0 Å². The SMILES string of the molecule is c1ccc2cc(-c3c4ccccc4c(-c4ccc5c(c4)sc4c6ccccc6c6ccccc6c54)c4ccccc34)ccc2c1. The molecule has 9 aromatic carbocycles. The predicted molar refractivity (Wildman–Crippen MR) is 198 cm³/mol. The Bertz CT molecular complexity index is 2760. The van der Waals surface area contributed by atoms with Gasteiger partial charge in [0.15, 0.2) is 0 Å². The molecule has 0 saturated carbocycles. The topological polar surface area (TPSA) is 0 Å². The molecule has 0 saturated heterocycles. The molecule has 10 rings (SSSR count). The first-order chi connectivity index (χ1) is 22.3. The van der Waals surface area contributed by atoms with Gasteiger partial charge in [-0.2, -0.15) is 0 Å². The van der Waals surface area contributed by atoms with Crippen molar-refractivity contribution in [1.82, 2.24) is 0 Å². The van der Waals surface area contributed by atoms with Gasteiger partial charge in [-0.05, 0) is 82.9 Å². The normalized spacial score (nSPS) is 12.0. The van der Waals surface area contributed by atoms with Crippen LogP contribution in [0.15, 0.2) is 158 Å². The monoisotopic (exact) mass is 586 g/mol. The Morgan fingerprint density at radius 2 is 0.778 bits per heavy atom. The average Bonchev–Trinajstić information content (AvgIpc) is 3.50. The fourth-order valence-corrected chi connectivity index (χ4v) is 8.95. The lowest BCUT2D eigenvalue weighted by atomic mass is 9.85. The summed E-state index contributed by atoms with van der Waals surface area (Å²) in [6.45, 7) is 0. The molecule has 45 heavy (non-hydrogen) atoms. The van der Waals surface area contributed by atoms with Crippen LogP contribution in [0.3, 0.4) is 0 Å². The van der Waals surface area contributed by atoms with Crippen LogP contribution in [0.5, 0.6) is 0 Å². The highest BCUT2D eigenvalue weighted by atomic mass is 32.1. The molecular weight excluding hydrogens is 561 g/mol. The third-order valence-corrected chi connectivity index (χ3v) is 10.8. The van der Waals surface area contributed by atoms with Crippen molar-refractivity contribution < 1.29 is 0 Å². The Balaban J connectivity index is 1.29. The number of hydrogen-bond acceptors (Lipinski definition) is 1. The molecule has 208 valence electrons. The van der Waals surface area contributed by atoms with E-state index in [0.29, 0.717) is 0 Å². The fraction of sp³-hybridized carbons (Fsp3) is 0. The molecule has 0 aliphatic heterocycles. The van der Waals surface area contributed by atoms with Crippen LogP contribution in [-0.4, -0.2) is 0 Å². The van der Waals surface area contributed by atoms with Crippen LogP contribution in [0.1, 0.15) is 0 Å². The van der Waals surface area contributed by atoms with Crippen molar-refractivity contribution >= 4 is 85.4 Å². The second-order valence-electron chi connectivity index (χ2n) is 12.0. The summed E-state index contributed by atoms with van der Waals surface area (Å²) in [5.74, 6) is 0. The highest BCUT2D eigenvalue weighted by Gasteiger charge is 2.19. The van der Waals surface area contributed by atoms with Crippen molar-refractivity contribution in [2.24, 2.45) is 0 Å². The molecular formula is C44H26S. The van der Waals surface area contributed by atoms with Gasteiger partial charge in [0, 0.05) is 25.6 Å². The number of benzene rings is 9. The first kappa shape index (κ1) is 24.9. The summed E-state index contributed by atoms with van der Waals surface area (Å²) in [5, 5.41) is 15.7. The molecule has 0 spiro atoms. The van der Waals surface area contributed by atoms with E-state index < -0.39 is 0 Å². The summed E-state index contributed by atoms with van der Waals surface area (Å²) >= 11 is 1.93. The zero-order chi connectivity index (χ0) is 29.5. The Morgan fingerprint density at radius 3 is 1.42 bits per heavy atom. The van der Waals surface area contributed by atoms with Crippen molar-refractivity contribution in [2.45, 2.75) is 0 Å². The molecule has 0 aliphatic carbocycles. The summed E-state index contributed by atoms with van der Waals surface area (Å²) in [7, 11) is 0. The molecule has 0 atom stereocenters. The van der Waals surface area contributed by atoms with Gasteiger partial charge < -0.3 is 0 Å². The highest BCUT2D eigenvalue weighted by Crippen LogP contribution is 2.48. The Kier molecular flexibility index (Phi) is 5.25. The maximum Gasteiger partial charge on any atom is 0.0440 e. The van der Waals surface area contributed by atoms with E-state index in [-0.39, 0.29) is 0 Å². The molecule has 10 aromatic rings. The van der Waals surface area contributed by atoms with Crippen molar-refractivity contribution in [1.29, 1.82) is 0 Å². The minimum atomic E-state index is 1.26. The quantitative estimate of drug-likeness (QED) is 0.140. The van der Waals surface area contributed by atoms with Gasteiger partial charge in [0.2, 0.25) is 0 Å². The van der Waals surface area contributed by atoms with Crippen molar-refractivity contribution in [2.75, 3.05) is 0 Å². The van der Waals surface area contributed by atoms with Crippen LogP contribution in [0.4, 0.5) is 0 Å². The second kappa shape index (κ2) is 9.50. The number of hydrogen-bond donors (Lipinski definition) is 0. The van der Waals surface area contributed by atoms with E-state index in [1.54, 1.807) is 0 Å². The molecule has 1 heterocycles. The second-order valence-corrected chi connectivity index (χ2v) is 13.1. The van der Waals surface area contributed by atoms with E-state index in [1.165, 1.54) is 96.3 Å². The van der Waals surface area contributed by atoms with Crippen molar-refractivity contribution in [3.05, 3.63) is 158 Å². The fourth-order valence-electron chi connectivity index (χ4n) is 7.66. The maximum absolute atomic E-state index is 2.44. The third kappa shape index (κ3) is 3.59. The third-order valence-electron chi connectivity index (χ3n) is 9.61. The van der Waals surface area contributed by atoms with Gasteiger partial charge in [0.05, 0.1) is 0 Å². The molecule has 0 bridgehead atoms. The van der Waals surface area contributed by atoms with E-state index in [0.717, 1.165) is 0 Å². The molecule has 0 amide bonds. The summed E-state index contributed by atoms with van der Waals surface area (Å²) in [5.41, 5.74) is 5.13. The highest BCUT2D eigenvalue weighted by molar-refractivity contribution is 7.27. The van der Waals surface area contributed by atoms with Crippen molar-refractivity contribution in [3.8, 4) is 22.3 Å². The standard InChI is InChI=1S/C44H26S/c1-2-12-28-25-29(22-21-27(28)11-1)41-34-16-6-8-18-36(34)42(37-19-9-7-17-35(37)41)30-23-24-39-40(26-30)45-44-38-20-10-4-14-32(38)31-13-3-5-15-33(31)43(39)44/h1-26H. The van der Waals surface area contributed by atoms with Gasteiger partial charge in [-0.15, -0.1) is 11.3 Å². The molecule has 0 fully saturated rings. The lowest BCUT2D eigenvalue weighted by Crippen LogP contribution is -1.90. The summed E-state index contributed by atoms with van der Waals surface area (Å²) < 4.78 is 2.70. The van der Waals surface area contributed by atoms with Crippen LogP contribution in [0, 0.1) is 0 Å². The van der Waals surface area contributed by atoms with Crippen LogP contribution in [0.2, 0.25) is 0 Å². The largest absolute Gasteiger partial charge is 0.134 e. The van der Waals surface area contributed by atoms with Gasteiger partial charge in [-0.1, -0.05) is 146 Å². The maximum atomic E-state index is 2.44. The minimum Gasteiger partial charge on any atom is -0.134 e. The van der Waals surface area contributed by atoms with E-state index >= 15 is 0 Å². The molecule has 0 nitrogen and oxygen atoms in total. The lowest BCUT2D eigenvalue weighted by molar-refractivity contribution is 1.69. The van der Waals surface area contributed by atoms with E-state index in [2.05, 4.69) is 158 Å². The zero-order valence-electron chi connectivity index (χ0n) is 24.4. The average molecular weight is 587 g/mol. The van der Waals surface area contributed by atoms with Crippen molar-refractivity contribution in [3.63, 3.8) is 0 Å². The van der Waals surface area contributed by atoms with E-state index in [9.17, 15) is 0 Å². The summed E-state index contributed by atoms with van der Waals surface area (Å²) in [6, 6.07) is 58.4. The molecule has 0 aliphatic rings. The Morgan fingerprint density at radius 1 is 0.311 bits per heavy atom. The predicted octanol–water partition coefficient (Wildman–Crippen LogP) is 13.2. The number of thiophene rings is 1. The van der Waals surface area contributed by atoms with Crippen LogP contribution < -0.4 is 0 Å². The summed E-state index contributed by atoms with van der Waals surface area (Å²) in [4.78, 5) is 0. The molecule has 1 heteroatoms. The lowest BCUT2D eigenvalue weighted by Gasteiger charge is -2.18. The minimum absolute atomic E-state index is 1.26. The zero-order valence-corrected chi connectivity index (χ0v) is 25.2. The van der Waals surface area contributed by atoms with Gasteiger partial charge in [0.25, 0.3) is 0 Å². The van der Waals surface area contributed by atoms with Crippen LogP contribution >= 0.6 is 11.3 Å². The van der Waals surface area contributed by atoms with Gasteiger partial charge in [-0.3, -0.25) is 0 Å². The first-order valence-electron chi connectivity index (χ1n) is 15.5. The molecule has 1 aromatic heterocycles. The number of fused-ring (bicyclic) bond motifs is 11. The van der Waals surface area contributed by atoms with Gasteiger partial charge in [-0.25, -0.2) is 0 Å². The number of rotatable bonds is 2. The van der Waals surface area contributed by atoms with E-state index in [1.807, 2.05) is 11.3 Å². The first-order valence-corrected chi connectivity index (χ1v) is 16.3. The van der Waals surface area contributed by atoms with Gasteiger partial charge in [0.1, 0.15) is 0 Å². The molecule has 0 radical (unpaired) electrons. The molecule has 0 unspecified atom stereocenters. The van der Waals surface area contributed by atoms with E-state index in [4.69, 9.17) is 0 Å². The molecule has 0 N–H and O–H groups in total. The summed E-state index contributed by atoms with van der Waals surface area (Å²) in [6.07, 6.45) is 0. The smallest absolute Gasteiger partial charge is 0.0440 e. The van der Waals surface area contributed by atoms with Crippen LogP contribution in [0.25, 0.3) is 96.3 Å².